The molecule has 0 aliphatic heterocycles. The Morgan fingerprint density at radius 1 is 0.872 bits per heavy atom. The summed E-state index contributed by atoms with van der Waals surface area (Å²) in [5, 5.41) is 12.8. The Morgan fingerprint density at radius 3 is 2.13 bits per heavy atom. The highest BCUT2D eigenvalue weighted by molar-refractivity contribution is 5.91. The molecule has 5 aromatic rings. The van der Waals surface area contributed by atoms with E-state index in [4.69, 9.17) is 4.42 Å². The van der Waals surface area contributed by atoms with Crippen LogP contribution in [0.25, 0.3) is 11.0 Å². The summed E-state index contributed by atoms with van der Waals surface area (Å²) < 4.78 is 9.12. The van der Waals surface area contributed by atoms with Gasteiger partial charge in [-0.25, -0.2) is 4.79 Å². The van der Waals surface area contributed by atoms with Crippen molar-refractivity contribution in [3.63, 3.8) is 0 Å². The normalized spacial score (nSPS) is 12.5. The SMILES string of the molecule is Cc1ccc(CC(CNC(=O)c2ccco2)n2c(=NC(=O)O)n(Cc3ccc(C)cc3)c3ccccc32)cc1. The van der Waals surface area contributed by atoms with Crippen molar-refractivity contribution in [1.29, 1.82) is 0 Å². The highest BCUT2D eigenvalue weighted by atomic mass is 16.4. The Morgan fingerprint density at radius 2 is 1.51 bits per heavy atom. The fourth-order valence-electron chi connectivity index (χ4n) is 4.79. The van der Waals surface area contributed by atoms with Crippen LogP contribution >= 0.6 is 0 Å². The third-order valence-corrected chi connectivity index (χ3v) is 6.75. The molecule has 0 fully saturated rings. The molecule has 0 radical (unpaired) electrons. The van der Waals surface area contributed by atoms with E-state index in [1.165, 1.54) is 6.26 Å². The Bertz CT molecular complexity index is 1660. The van der Waals surface area contributed by atoms with Crippen LogP contribution in [-0.2, 0) is 13.0 Å². The third-order valence-electron chi connectivity index (χ3n) is 6.75. The number of carbonyl (C=O) groups excluding carboxylic acids is 1. The molecule has 39 heavy (non-hydrogen) atoms. The maximum absolute atomic E-state index is 12.8. The first kappa shape index (κ1) is 25.8. The number of carboxylic acid groups (broad SMARTS) is 1. The first-order valence-corrected chi connectivity index (χ1v) is 12.8. The summed E-state index contributed by atoms with van der Waals surface area (Å²) in [6.07, 6.45) is 0.713. The minimum absolute atomic E-state index is 0.214. The lowest BCUT2D eigenvalue weighted by Crippen LogP contribution is -2.37. The van der Waals surface area contributed by atoms with E-state index in [-0.39, 0.29) is 24.3 Å². The minimum Gasteiger partial charge on any atom is -0.463 e. The van der Waals surface area contributed by atoms with Gasteiger partial charge in [-0.2, -0.15) is 0 Å². The van der Waals surface area contributed by atoms with Gasteiger partial charge in [-0.1, -0.05) is 71.8 Å². The molecule has 8 nitrogen and oxygen atoms in total. The molecule has 2 aromatic heterocycles. The van der Waals surface area contributed by atoms with E-state index in [2.05, 4.69) is 22.4 Å². The summed E-state index contributed by atoms with van der Waals surface area (Å²) >= 11 is 0. The molecule has 0 bridgehead atoms. The summed E-state index contributed by atoms with van der Waals surface area (Å²) in [6.45, 7) is 4.73. The summed E-state index contributed by atoms with van der Waals surface area (Å²) in [5.74, 6) is -0.124. The lowest BCUT2D eigenvalue weighted by Gasteiger charge is -2.21. The predicted octanol–water partition coefficient (Wildman–Crippen LogP) is 5.49. The Hall–Kier alpha value is -4.85. The van der Waals surface area contributed by atoms with Gasteiger partial charge < -0.3 is 24.0 Å². The molecule has 1 unspecified atom stereocenters. The molecule has 1 atom stereocenters. The summed E-state index contributed by atoms with van der Waals surface area (Å²) in [5.41, 5.74) is 6.35. The number of carbonyl (C=O) groups is 2. The van der Waals surface area contributed by atoms with Crippen LogP contribution in [0.15, 0.2) is 101 Å². The van der Waals surface area contributed by atoms with Crippen molar-refractivity contribution < 1.29 is 19.1 Å². The van der Waals surface area contributed by atoms with Crippen LogP contribution in [0.2, 0.25) is 0 Å². The van der Waals surface area contributed by atoms with Gasteiger partial charge in [-0.05, 0) is 55.7 Å². The van der Waals surface area contributed by atoms with Crippen LogP contribution in [0.4, 0.5) is 4.79 Å². The second-order valence-corrected chi connectivity index (χ2v) is 9.66. The van der Waals surface area contributed by atoms with Crippen LogP contribution in [0, 0.1) is 13.8 Å². The molecule has 5 rings (SSSR count). The van der Waals surface area contributed by atoms with Gasteiger partial charge in [0.25, 0.3) is 5.91 Å². The van der Waals surface area contributed by atoms with Gasteiger partial charge >= 0.3 is 6.09 Å². The van der Waals surface area contributed by atoms with Gasteiger partial charge in [-0.15, -0.1) is 4.99 Å². The number of aromatic nitrogens is 2. The van der Waals surface area contributed by atoms with Gasteiger partial charge in [0.15, 0.2) is 5.76 Å². The fourth-order valence-corrected chi connectivity index (χ4v) is 4.79. The number of benzene rings is 3. The Balaban J connectivity index is 1.64. The fraction of sp³-hybridized carbons (Fsp3) is 0.194. The average molecular weight is 523 g/mol. The van der Waals surface area contributed by atoms with Crippen molar-refractivity contribution >= 4 is 23.0 Å². The highest BCUT2D eigenvalue weighted by Gasteiger charge is 2.22. The van der Waals surface area contributed by atoms with E-state index in [9.17, 15) is 14.7 Å². The average Bonchev–Trinajstić information content (AvgIpc) is 3.56. The molecule has 0 saturated heterocycles. The summed E-state index contributed by atoms with van der Waals surface area (Å²) in [6, 6.07) is 27.0. The number of fused-ring (bicyclic) bond motifs is 1. The van der Waals surface area contributed by atoms with E-state index in [1.54, 1.807) is 12.1 Å². The van der Waals surface area contributed by atoms with Gasteiger partial charge in [0.05, 0.1) is 29.9 Å². The molecule has 2 N–H and O–H groups in total. The van der Waals surface area contributed by atoms with Crippen molar-refractivity contribution in [2.75, 3.05) is 6.54 Å². The summed E-state index contributed by atoms with van der Waals surface area (Å²) in [7, 11) is 0. The maximum Gasteiger partial charge on any atom is 0.434 e. The molecular weight excluding hydrogens is 492 g/mol. The van der Waals surface area contributed by atoms with E-state index in [0.717, 1.165) is 33.3 Å². The number of aryl methyl sites for hydroxylation is 2. The molecule has 0 saturated carbocycles. The second-order valence-electron chi connectivity index (χ2n) is 9.66. The number of rotatable bonds is 8. The number of hydrogen-bond acceptors (Lipinski definition) is 3. The van der Waals surface area contributed by atoms with Crippen molar-refractivity contribution in [1.82, 2.24) is 14.5 Å². The number of furan rings is 1. The largest absolute Gasteiger partial charge is 0.463 e. The molecule has 0 aliphatic rings. The first-order chi connectivity index (χ1) is 18.9. The zero-order valence-corrected chi connectivity index (χ0v) is 21.9. The highest BCUT2D eigenvalue weighted by Crippen LogP contribution is 2.22. The number of nitrogens with one attached hydrogen (secondary N) is 1. The number of amides is 2. The van der Waals surface area contributed by atoms with Crippen LogP contribution in [0.3, 0.4) is 0 Å². The number of para-hydroxylation sites is 2. The van der Waals surface area contributed by atoms with Crippen LogP contribution in [0.1, 0.15) is 38.9 Å². The maximum atomic E-state index is 12.8. The molecule has 3 aromatic carbocycles. The lowest BCUT2D eigenvalue weighted by atomic mass is 10.0. The minimum atomic E-state index is -1.29. The van der Waals surface area contributed by atoms with Crippen LogP contribution in [0.5, 0.6) is 0 Å². The summed E-state index contributed by atoms with van der Waals surface area (Å²) in [4.78, 5) is 28.9. The van der Waals surface area contributed by atoms with Gasteiger partial charge in [-0.3, -0.25) is 4.79 Å². The van der Waals surface area contributed by atoms with Crippen LogP contribution < -0.4 is 10.9 Å². The number of hydrogen-bond donors (Lipinski definition) is 2. The van der Waals surface area contributed by atoms with Crippen LogP contribution in [-0.4, -0.2) is 32.8 Å². The molecule has 8 heteroatoms. The topological polar surface area (TPSA) is 102 Å². The standard InChI is InChI=1S/C31H30N4O4/c1-21-9-13-23(14-10-21)18-25(19-32-29(36)28-8-5-17-39-28)35-27-7-4-3-6-26(27)34(30(35)33-31(37)38)20-24-15-11-22(2)12-16-24/h3-17,25H,18-20H2,1-2H3,(H,32,36)(H,37,38). The van der Waals surface area contributed by atoms with Crippen molar-refractivity contribution in [2.45, 2.75) is 32.9 Å². The van der Waals surface area contributed by atoms with Crippen molar-refractivity contribution in [2.24, 2.45) is 4.99 Å². The first-order valence-electron chi connectivity index (χ1n) is 12.8. The number of nitrogens with zero attached hydrogens (tertiary/aromatic N) is 3. The molecule has 0 spiro atoms. The molecule has 2 heterocycles. The number of imidazole rings is 1. The van der Waals surface area contributed by atoms with Crippen molar-refractivity contribution in [3.05, 3.63) is 125 Å². The zero-order valence-electron chi connectivity index (χ0n) is 21.9. The van der Waals surface area contributed by atoms with Crippen molar-refractivity contribution in [3.8, 4) is 0 Å². The monoisotopic (exact) mass is 522 g/mol. The second kappa shape index (κ2) is 11.3. The molecule has 2 amide bonds. The zero-order chi connectivity index (χ0) is 27.4. The van der Waals surface area contributed by atoms with Gasteiger partial charge in [0.1, 0.15) is 0 Å². The Labute approximate surface area is 225 Å². The van der Waals surface area contributed by atoms with E-state index in [0.29, 0.717) is 18.6 Å². The van der Waals surface area contributed by atoms with E-state index in [1.807, 2.05) is 83.6 Å². The molecule has 0 aliphatic carbocycles. The third kappa shape index (κ3) is 5.85. The lowest BCUT2D eigenvalue weighted by molar-refractivity contribution is 0.0919. The van der Waals surface area contributed by atoms with Gasteiger partial charge in [0, 0.05) is 6.54 Å². The van der Waals surface area contributed by atoms with Gasteiger partial charge in [0.2, 0.25) is 5.62 Å². The van der Waals surface area contributed by atoms with E-state index >= 15 is 0 Å². The van der Waals surface area contributed by atoms with E-state index < -0.39 is 6.09 Å². The quantitative estimate of drug-likeness (QED) is 0.281. The molecular formula is C31H30N4O4. The Kier molecular flexibility index (Phi) is 7.45. The molecule has 198 valence electrons. The predicted molar refractivity (Wildman–Crippen MR) is 149 cm³/mol. The smallest absolute Gasteiger partial charge is 0.434 e.